The van der Waals surface area contributed by atoms with Crippen LogP contribution >= 0.6 is 23.1 Å². The number of thioether (sulfide) groups is 1. The standard InChI is InChI=1S/C17H18N4O3S2/c1-10(2)8-21-13(7-14(22)20-16(21)24)19-15(23)9-25-17-18-11-5-3-4-6-12(11)26-17/h3-7,10H,8-9H2,1-2H3,(H,19,23)(H,20,22,24). The second kappa shape index (κ2) is 7.88. The van der Waals surface area contributed by atoms with Crippen molar-refractivity contribution in [2.24, 2.45) is 5.92 Å². The minimum absolute atomic E-state index is 0.141. The van der Waals surface area contributed by atoms with Crippen molar-refractivity contribution < 1.29 is 4.79 Å². The molecule has 2 aromatic heterocycles. The van der Waals surface area contributed by atoms with E-state index in [0.29, 0.717) is 6.54 Å². The lowest BCUT2D eigenvalue weighted by molar-refractivity contribution is -0.113. The number of fused-ring (bicyclic) bond motifs is 1. The number of aromatic amines is 1. The van der Waals surface area contributed by atoms with E-state index in [9.17, 15) is 14.4 Å². The van der Waals surface area contributed by atoms with Gasteiger partial charge in [0.05, 0.1) is 16.0 Å². The van der Waals surface area contributed by atoms with Crippen LogP contribution in [0.1, 0.15) is 13.8 Å². The van der Waals surface area contributed by atoms with Gasteiger partial charge < -0.3 is 5.32 Å². The highest BCUT2D eigenvalue weighted by atomic mass is 32.2. The Labute approximate surface area is 157 Å². The molecule has 0 fully saturated rings. The third-order valence-electron chi connectivity index (χ3n) is 3.45. The summed E-state index contributed by atoms with van der Waals surface area (Å²) >= 11 is 2.85. The number of carbonyl (C=O) groups is 1. The molecule has 0 aliphatic heterocycles. The van der Waals surface area contributed by atoms with E-state index in [4.69, 9.17) is 0 Å². The smallest absolute Gasteiger partial charge is 0.311 e. The second-order valence-corrected chi connectivity index (χ2v) is 8.37. The van der Waals surface area contributed by atoms with Crippen molar-refractivity contribution in [2.75, 3.05) is 11.1 Å². The Morgan fingerprint density at radius 3 is 2.85 bits per heavy atom. The van der Waals surface area contributed by atoms with Gasteiger partial charge in [0, 0.05) is 12.6 Å². The molecule has 26 heavy (non-hydrogen) atoms. The lowest BCUT2D eigenvalue weighted by atomic mass is 10.2. The third-order valence-corrected chi connectivity index (χ3v) is 5.63. The summed E-state index contributed by atoms with van der Waals surface area (Å²) in [5.74, 6) is 0.244. The fraction of sp³-hybridized carbons (Fsp3) is 0.294. The molecule has 0 atom stereocenters. The fourth-order valence-electron chi connectivity index (χ4n) is 2.39. The van der Waals surface area contributed by atoms with Gasteiger partial charge in [-0.1, -0.05) is 37.7 Å². The number of H-pyrrole nitrogens is 1. The first-order valence-electron chi connectivity index (χ1n) is 8.05. The van der Waals surface area contributed by atoms with Crippen LogP contribution in [0.25, 0.3) is 10.2 Å². The maximum absolute atomic E-state index is 12.3. The van der Waals surface area contributed by atoms with Crippen LogP contribution in [0.3, 0.4) is 0 Å². The van der Waals surface area contributed by atoms with Crippen LogP contribution in [0.5, 0.6) is 0 Å². The highest BCUT2D eigenvalue weighted by Gasteiger charge is 2.12. The molecule has 3 aromatic rings. The van der Waals surface area contributed by atoms with E-state index < -0.39 is 11.2 Å². The van der Waals surface area contributed by atoms with Gasteiger partial charge in [-0.05, 0) is 18.1 Å². The topological polar surface area (TPSA) is 96.8 Å². The number of anilines is 1. The van der Waals surface area contributed by atoms with E-state index in [1.807, 2.05) is 38.1 Å². The Bertz CT molecular complexity index is 1020. The van der Waals surface area contributed by atoms with Crippen molar-refractivity contribution in [3.8, 4) is 0 Å². The van der Waals surface area contributed by atoms with E-state index >= 15 is 0 Å². The lowest BCUT2D eigenvalue weighted by Gasteiger charge is -2.14. The van der Waals surface area contributed by atoms with Gasteiger partial charge in [-0.2, -0.15) is 0 Å². The number of nitrogens with one attached hydrogen (secondary N) is 2. The van der Waals surface area contributed by atoms with Gasteiger partial charge in [-0.15, -0.1) is 11.3 Å². The summed E-state index contributed by atoms with van der Waals surface area (Å²) in [5.41, 5.74) is -0.162. The Balaban J connectivity index is 1.71. The van der Waals surface area contributed by atoms with Gasteiger partial charge in [0.2, 0.25) is 5.91 Å². The molecule has 0 saturated heterocycles. The van der Waals surface area contributed by atoms with Crippen LogP contribution in [-0.2, 0) is 11.3 Å². The summed E-state index contributed by atoms with van der Waals surface area (Å²) in [6.45, 7) is 4.30. The van der Waals surface area contributed by atoms with Gasteiger partial charge in [0.15, 0.2) is 4.34 Å². The van der Waals surface area contributed by atoms with Gasteiger partial charge >= 0.3 is 5.69 Å². The Morgan fingerprint density at radius 2 is 2.12 bits per heavy atom. The summed E-state index contributed by atoms with van der Waals surface area (Å²) in [7, 11) is 0. The number of para-hydroxylation sites is 1. The van der Waals surface area contributed by atoms with E-state index in [1.54, 1.807) is 0 Å². The number of thiazole rings is 1. The molecule has 3 rings (SSSR count). The maximum atomic E-state index is 12.3. The highest BCUT2D eigenvalue weighted by molar-refractivity contribution is 8.01. The maximum Gasteiger partial charge on any atom is 0.329 e. The predicted molar refractivity (Wildman–Crippen MR) is 105 cm³/mol. The largest absolute Gasteiger partial charge is 0.329 e. The second-order valence-electron chi connectivity index (χ2n) is 6.11. The van der Waals surface area contributed by atoms with Crippen molar-refractivity contribution in [1.29, 1.82) is 0 Å². The lowest BCUT2D eigenvalue weighted by Crippen LogP contribution is -2.34. The molecule has 0 unspecified atom stereocenters. The van der Waals surface area contributed by atoms with Crippen LogP contribution in [0, 0.1) is 5.92 Å². The molecule has 0 aliphatic rings. The molecule has 2 N–H and O–H groups in total. The van der Waals surface area contributed by atoms with Crippen molar-refractivity contribution in [1.82, 2.24) is 14.5 Å². The molecule has 0 radical (unpaired) electrons. The average molecular weight is 390 g/mol. The molecule has 136 valence electrons. The Hall–Kier alpha value is -2.39. The number of rotatable bonds is 6. The zero-order valence-corrected chi connectivity index (χ0v) is 15.9. The number of benzene rings is 1. The molecular formula is C17H18N4O3S2. The minimum atomic E-state index is -0.538. The van der Waals surface area contributed by atoms with Crippen LogP contribution in [-0.4, -0.2) is 26.2 Å². The molecule has 0 bridgehead atoms. The molecule has 9 heteroatoms. The number of amides is 1. The van der Waals surface area contributed by atoms with Crippen molar-refractivity contribution >= 4 is 45.0 Å². The SMILES string of the molecule is CC(C)Cn1c(NC(=O)CSc2nc3ccccc3s2)cc(=O)[nH]c1=O. The van der Waals surface area contributed by atoms with Crippen LogP contribution in [0.15, 0.2) is 44.3 Å². The number of nitrogens with zero attached hydrogens (tertiary/aromatic N) is 2. The average Bonchev–Trinajstić information content (AvgIpc) is 2.99. The summed E-state index contributed by atoms with van der Waals surface area (Å²) in [6.07, 6.45) is 0. The number of hydrogen-bond acceptors (Lipinski definition) is 6. The molecule has 1 aromatic carbocycles. The predicted octanol–water partition coefficient (Wildman–Crippen LogP) is 2.53. The summed E-state index contributed by atoms with van der Waals surface area (Å²) < 4.78 is 3.23. The van der Waals surface area contributed by atoms with Crippen LogP contribution in [0.2, 0.25) is 0 Å². The third kappa shape index (κ3) is 4.41. The Kier molecular flexibility index (Phi) is 5.58. The van der Waals surface area contributed by atoms with Gasteiger partial charge in [0.1, 0.15) is 5.82 Å². The van der Waals surface area contributed by atoms with E-state index in [0.717, 1.165) is 14.6 Å². The first-order valence-corrected chi connectivity index (χ1v) is 9.85. The normalized spacial score (nSPS) is 11.2. The van der Waals surface area contributed by atoms with E-state index in [-0.39, 0.29) is 23.4 Å². The first kappa shape index (κ1) is 18.4. The van der Waals surface area contributed by atoms with E-state index in [2.05, 4.69) is 15.3 Å². The zero-order chi connectivity index (χ0) is 18.7. The van der Waals surface area contributed by atoms with Crippen molar-refractivity contribution in [3.05, 3.63) is 51.2 Å². The summed E-state index contributed by atoms with van der Waals surface area (Å²) in [4.78, 5) is 42.5. The molecule has 2 heterocycles. The van der Waals surface area contributed by atoms with E-state index in [1.165, 1.54) is 33.7 Å². The molecular weight excluding hydrogens is 372 g/mol. The highest BCUT2D eigenvalue weighted by Crippen LogP contribution is 2.29. The number of aromatic nitrogens is 3. The molecule has 0 saturated carbocycles. The first-order chi connectivity index (χ1) is 12.4. The van der Waals surface area contributed by atoms with Crippen LogP contribution in [0.4, 0.5) is 5.82 Å². The zero-order valence-electron chi connectivity index (χ0n) is 14.3. The fourth-order valence-corrected chi connectivity index (χ4v) is 4.26. The molecule has 7 nitrogen and oxygen atoms in total. The summed E-state index contributed by atoms with van der Waals surface area (Å²) in [5, 5.41) is 2.66. The van der Waals surface area contributed by atoms with Crippen molar-refractivity contribution in [3.63, 3.8) is 0 Å². The number of hydrogen-bond donors (Lipinski definition) is 2. The van der Waals surface area contributed by atoms with Gasteiger partial charge in [-0.3, -0.25) is 19.1 Å². The number of carbonyl (C=O) groups excluding carboxylic acids is 1. The molecule has 0 aliphatic carbocycles. The monoisotopic (exact) mass is 390 g/mol. The molecule has 0 spiro atoms. The minimum Gasteiger partial charge on any atom is -0.311 e. The van der Waals surface area contributed by atoms with Gasteiger partial charge in [-0.25, -0.2) is 9.78 Å². The van der Waals surface area contributed by atoms with Crippen LogP contribution < -0.4 is 16.6 Å². The quantitative estimate of drug-likeness (QED) is 0.631. The Morgan fingerprint density at radius 1 is 1.35 bits per heavy atom. The molecule has 1 amide bonds. The van der Waals surface area contributed by atoms with Crippen molar-refractivity contribution in [2.45, 2.75) is 24.7 Å². The summed E-state index contributed by atoms with van der Waals surface area (Å²) in [6, 6.07) is 9.01. The van der Waals surface area contributed by atoms with Gasteiger partial charge in [0.25, 0.3) is 5.56 Å².